The largest absolute Gasteiger partial charge is 0.353 e. The summed E-state index contributed by atoms with van der Waals surface area (Å²) in [7, 11) is -2.32. The van der Waals surface area contributed by atoms with Crippen molar-refractivity contribution in [3.05, 3.63) is 65.7 Å². The third-order valence-corrected chi connectivity index (χ3v) is 6.19. The summed E-state index contributed by atoms with van der Waals surface area (Å²) in [6, 6.07) is 15.6. The van der Waals surface area contributed by atoms with Gasteiger partial charge in [-0.2, -0.15) is 4.31 Å². The molecule has 146 valence electrons. The summed E-state index contributed by atoms with van der Waals surface area (Å²) in [4.78, 5) is 12.3. The van der Waals surface area contributed by atoms with Crippen LogP contribution in [0.5, 0.6) is 0 Å². The normalized spacial score (nSPS) is 13.0. The molecule has 2 aromatic carbocycles. The SMILES string of the molecule is CC(C)c1ccc(C(N)CNC(=O)CN(C)S(=O)(=O)c2ccccc2)cc1. The summed E-state index contributed by atoms with van der Waals surface area (Å²) in [5.41, 5.74) is 8.28. The zero-order valence-corrected chi connectivity index (χ0v) is 16.7. The van der Waals surface area contributed by atoms with E-state index >= 15 is 0 Å². The van der Waals surface area contributed by atoms with Crippen molar-refractivity contribution in [1.82, 2.24) is 9.62 Å². The molecule has 1 amide bonds. The Kier molecular flexibility index (Phi) is 7.12. The second-order valence-corrected chi connectivity index (χ2v) is 8.85. The maximum absolute atomic E-state index is 12.4. The molecular formula is C20H27N3O3S. The van der Waals surface area contributed by atoms with E-state index in [2.05, 4.69) is 19.2 Å². The van der Waals surface area contributed by atoms with Crippen molar-refractivity contribution in [3.8, 4) is 0 Å². The van der Waals surface area contributed by atoms with Gasteiger partial charge in [-0.1, -0.05) is 56.3 Å². The van der Waals surface area contributed by atoms with Crippen LogP contribution >= 0.6 is 0 Å². The molecule has 2 aromatic rings. The lowest BCUT2D eigenvalue weighted by Gasteiger charge is -2.18. The third-order valence-electron chi connectivity index (χ3n) is 4.37. The molecule has 0 heterocycles. The van der Waals surface area contributed by atoms with Crippen LogP contribution in [0.25, 0.3) is 0 Å². The van der Waals surface area contributed by atoms with Crippen LogP contribution in [0, 0.1) is 0 Å². The van der Waals surface area contributed by atoms with Crippen LogP contribution in [0.15, 0.2) is 59.5 Å². The Morgan fingerprint density at radius 3 is 2.15 bits per heavy atom. The number of hydrogen-bond donors (Lipinski definition) is 2. The minimum atomic E-state index is -3.70. The van der Waals surface area contributed by atoms with E-state index in [1.807, 2.05) is 24.3 Å². The topological polar surface area (TPSA) is 92.5 Å². The number of likely N-dealkylation sites (N-methyl/N-ethyl adjacent to an activating group) is 1. The number of benzene rings is 2. The predicted molar refractivity (Wildman–Crippen MR) is 107 cm³/mol. The molecule has 0 aliphatic carbocycles. The van der Waals surface area contributed by atoms with E-state index in [4.69, 9.17) is 5.73 Å². The molecule has 0 aliphatic rings. The molecule has 0 saturated carbocycles. The number of carbonyl (C=O) groups excluding carboxylic acids is 1. The van der Waals surface area contributed by atoms with Gasteiger partial charge in [-0.3, -0.25) is 4.79 Å². The highest BCUT2D eigenvalue weighted by Gasteiger charge is 2.22. The molecule has 0 aliphatic heterocycles. The van der Waals surface area contributed by atoms with E-state index in [1.54, 1.807) is 18.2 Å². The van der Waals surface area contributed by atoms with Gasteiger partial charge in [0, 0.05) is 19.6 Å². The molecule has 2 rings (SSSR count). The van der Waals surface area contributed by atoms with Gasteiger partial charge in [0.25, 0.3) is 0 Å². The standard InChI is InChI=1S/C20H27N3O3S/c1-15(2)16-9-11-17(12-10-16)19(21)13-22-20(24)14-23(3)27(25,26)18-7-5-4-6-8-18/h4-12,15,19H,13-14,21H2,1-3H3,(H,22,24). The molecule has 0 bridgehead atoms. The first-order valence-corrected chi connectivity index (χ1v) is 10.3. The smallest absolute Gasteiger partial charge is 0.243 e. The predicted octanol–water partition coefficient (Wildman–Crippen LogP) is 2.25. The summed E-state index contributed by atoms with van der Waals surface area (Å²) < 4.78 is 25.9. The molecule has 1 unspecified atom stereocenters. The third kappa shape index (κ3) is 5.63. The highest BCUT2D eigenvalue weighted by Crippen LogP contribution is 2.17. The summed E-state index contributed by atoms with van der Waals surface area (Å²) >= 11 is 0. The molecule has 1 atom stereocenters. The van der Waals surface area contributed by atoms with Gasteiger partial charge in [-0.15, -0.1) is 0 Å². The van der Waals surface area contributed by atoms with Crippen LogP contribution in [-0.4, -0.2) is 38.8 Å². The first-order valence-electron chi connectivity index (χ1n) is 8.85. The van der Waals surface area contributed by atoms with Crippen molar-refractivity contribution in [2.45, 2.75) is 30.7 Å². The van der Waals surface area contributed by atoms with Crippen LogP contribution in [0.3, 0.4) is 0 Å². The lowest BCUT2D eigenvalue weighted by molar-refractivity contribution is -0.121. The van der Waals surface area contributed by atoms with E-state index in [9.17, 15) is 13.2 Å². The number of nitrogens with two attached hydrogens (primary N) is 1. The van der Waals surface area contributed by atoms with E-state index in [0.717, 1.165) is 9.87 Å². The van der Waals surface area contributed by atoms with Crippen molar-refractivity contribution in [2.24, 2.45) is 5.73 Å². The van der Waals surface area contributed by atoms with Crippen LogP contribution in [0.2, 0.25) is 0 Å². The zero-order chi connectivity index (χ0) is 20.0. The van der Waals surface area contributed by atoms with Gasteiger partial charge >= 0.3 is 0 Å². The molecule has 0 fully saturated rings. The number of rotatable bonds is 8. The second kappa shape index (κ2) is 9.12. The molecule has 0 spiro atoms. The molecule has 3 N–H and O–H groups in total. The molecule has 7 heteroatoms. The number of nitrogens with one attached hydrogen (secondary N) is 1. The first-order chi connectivity index (χ1) is 12.7. The van der Waals surface area contributed by atoms with E-state index in [1.165, 1.54) is 24.7 Å². The summed E-state index contributed by atoms with van der Waals surface area (Å²) in [6.45, 7) is 4.21. The average molecular weight is 390 g/mol. The highest BCUT2D eigenvalue weighted by atomic mass is 32.2. The molecule has 6 nitrogen and oxygen atoms in total. The summed E-state index contributed by atoms with van der Waals surface area (Å²) in [5, 5.41) is 2.70. The Bertz CT molecular complexity index is 850. The Morgan fingerprint density at radius 1 is 1.04 bits per heavy atom. The molecular weight excluding hydrogens is 362 g/mol. The van der Waals surface area contributed by atoms with Crippen molar-refractivity contribution < 1.29 is 13.2 Å². The molecule has 27 heavy (non-hydrogen) atoms. The Labute approximate surface area is 161 Å². The maximum Gasteiger partial charge on any atom is 0.243 e. The summed E-state index contributed by atoms with van der Waals surface area (Å²) in [6.07, 6.45) is 0. The van der Waals surface area contributed by atoms with Gasteiger partial charge in [0.05, 0.1) is 11.4 Å². The monoisotopic (exact) mass is 389 g/mol. The number of amides is 1. The first kappa shape index (κ1) is 21.1. The Hall–Kier alpha value is -2.22. The Balaban J connectivity index is 1.90. The lowest BCUT2D eigenvalue weighted by atomic mass is 9.99. The van der Waals surface area contributed by atoms with Crippen molar-refractivity contribution in [2.75, 3.05) is 20.1 Å². The summed E-state index contributed by atoms with van der Waals surface area (Å²) in [5.74, 6) is 0.0448. The number of carbonyl (C=O) groups is 1. The highest BCUT2D eigenvalue weighted by molar-refractivity contribution is 7.89. The fourth-order valence-corrected chi connectivity index (χ4v) is 3.73. The van der Waals surface area contributed by atoms with Crippen molar-refractivity contribution >= 4 is 15.9 Å². The van der Waals surface area contributed by atoms with Crippen LogP contribution < -0.4 is 11.1 Å². The quantitative estimate of drug-likeness (QED) is 0.724. The minimum absolute atomic E-state index is 0.155. The molecule has 0 radical (unpaired) electrons. The average Bonchev–Trinajstić information content (AvgIpc) is 2.66. The number of hydrogen-bond acceptors (Lipinski definition) is 4. The van der Waals surface area contributed by atoms with Gasteiger partial charge in [0.15, 0.2) is 0 Å². The van der Waals surface area contributed by atoms with Crippen LogP contribution in [0.1, 0.15) is 36.9 Å². The fraction of sp³-hybridized carbons (Fsp3) is 0.350. The van der Waals surface area contributed by atoms with Crippen LogP contribution in [-0.2, 0) is 14.8 Å². The van der Waals surface area contributed by atoms with E-state index in [0.29, 0.717) is 5.92 Å². The second-order valence-electron chi connectivity index (χ2n) is 6.81. The van der Waals surface area contributed by atoms with Gasteiger partial charge in [0.1, 0.15) is 0 Å². The van der Waals surface area contributed by atoms with Gasteiger partial charge in [-0.25, -0.2) is 8.42 Å². The molecule has 0 saturated heterocycles. The minimum Gasteiger partial charge on any atom is -0.353 e. The number of nitrogens with zero attached hydrogens (tertiary/aromatic N) is 1. The maximum atomic E-state index is 12.4. The van der Waals surface area contributed by atoms with E-state index in [-0.39, 0.29) is 24.0 Å². The number of sulfonamides is 1. The van der Waals surface area contributed by atoms with Gasteiger partial charge in [-0.05, 0) is 29.2 Å². The zero-order valence-electron chi connectivity index (χ0n) is 15.9. The van der Waals surface area contributed by atoms with Gasteiger partial charge in [0.2, 0.25) is 15.9 Å². The van der Waals surface area contributed by atoms with Gasteiger partial charge < -0.3 is 11.1 Å². The molecule has 0 aromatic heterocycles. The van der Waals surface area contributed by atoms with Crippen molar-refractivity contribution in [3.63, 3.8) is 0 Å². The lowest BCUT2D eigenvalue weighted by Crippen LogP contribution is -2.40. The van der Waals surface area contributed by atoms with Crippen LogP contribution in [0.4, 0.5) is 0 Å². The van der Waals surface area contributed by atoms with E-state index < -0.39 is 15.9 Å². The van der Waals surface area contributed by atoms with Crippen molar-refractivity contribution in [1.29, 1.82) is 0 Å². The fourth-order valence-electron chi connectivity index (χ4n) is 2.59. The Morgan fingerprint density at radius 2 is 1.59 bits per heavy atom.